The third-order valence-corrected chi connectivity index (χ3v) is 5.04. The van der Waals surface area contributed by atoms with Crippen LogP contribution in [0.15, 0.2) is 54.6 Å². The Morgan fingerprint density at radius 3 is 2.19 bits per heavy atom. The summed E-state index contributed by atoms with van der Waals surface area (Å²) in [5, 5.41) is 16.2. The van der Waals surface area contributed by atoms with Gasteiger partial charge >= 0.3 is 6.09 Å². The molecule has 7 nitrogen and oxygen atoms in total. The van der Waals surface area contributed by atoms with E-state index in [9.17, 15) is 14.7 Å². The molecule has 0 aromatic heterocycles. The number of ether oxygens (including phenoxy) is 2. The van der Waals surface area contributed by atoms with Crippen molar-refractivity contribution in [3.05, 3.63) is 65.7 Å². The van der Waals surface area contributed by atoms with Gasteiger partial charge in [0.2, 0.25) is 5.91 Å². The maximum absolute atomic E-state index is 13.2. The molecule has 0 spiro atoms. The van der Waals surface area contributed by atoms with Crippen LogP contribution in [0, 0.1) is 5.41 Å². The zero-order valence-electron chi connectivity index (χ0n) is 19.6. The standard InChI is InChI=1S/C25H34N2O5/c1-24(2,3)32-23(30)27-21(17-11-8-7-9-12-17)25(4,5)22(29)26-16-20(28)18-13-10-14-19(15-18)31-6/h7-15,20-21,28H,16H2,1-6H3,(H,26,29)(H,27,30)/t20-,21-/m0/s1. The van der Waals surface area contributed by atoms with E-state index in [2.05, 4.69) is 10.6 Å². The van der Waals surface area contributed by atoms with Crippen LogP contribution in [0.2, 0.25) is 0 Å². The summed E-state index contributed by atoms with van der Waals surface area (Å²) in [5.74, 6) is 0.309. The fraction of sp³-hybridized carbons (Fsp3) is 0.440. The Hall–Kier alpha value is -3.06. The monoisotopic (exact) mass is 442 g/mol. The van der Waals surface area contributed by atoms with Gasteiger partial charge in [0.25, 0.3) is 0 Å². The van der Waals surface area contributed by atoms with E-state index >= 15 is 0 Å². The molecule has 2 rings (SSSR count). The van der Waals surface area contributed by atoms with Gasteiger partial charge in [-0.15, -0.1) is 0 Å². The third-order valence-electron chi connectivity index (χ3n) is 5.04. The summed E-state index contributed by atoms with van der Waals surface area (Å²) in [5.41, 5.74) is -0.300. The Kier molecular flexibility index (Phi) is 8.27. The Morgan fingerprint density at radius 2 is 1.59 bits per heavy atom. The summed E-state index contributed by atoms with van der Waals surface area (Å²) in [6.45, 7) is 8.85. The normalized spacial score (nSPS) is 13.6. The van der Waals surface area contributed by atoms with Gasteiger partial charge in [-0.2, -0.15) is 0 Å². The maximum atomic E-state index is 13.2. The fourth-order valence-electron chi connectivity index (χ4n) is 3.27. The van der Waals surface area contributed by atoms with E-state index in [0.29, 0.717) is 11.3 Å². The third kappa shape index (κ3) is 6.99. The fourth-order valence-corrected chi connectivity index (χ4v) is 3.27. The molecule has 0 aliphatic heterocycles. The minimum atomic E-state index is -1.04. The first kappa shape index (κ1) is 25.2. The molecule has 2 aromatic carbocycles. The highest BCUT2D eigenvalue weighted by molar-refractivity contribution is 5.84. The van der Waals surface area contributed by atoms with E-state index in [1.807, 2.05) is 30.3 Å². The number of carbonyl (C=O) groups is 2. The van der Waals surface area contributed by atoms with Crippen LogP contribution in [0.5, 0.6) is 5.75 Å². The number of aliphatic hydroxyl groups excluding tert-OH is 1. The van der Waals surface area contributed by atoms with Crippen molar-refractivity contribution in [2.24, 2.45) is 5.41 Å². The van der Waals surface area contributed by atoms with Crippen molar-refractivity contribution >= 4 is 12.0 Å². The van der Waals surface area contributed by atoms with Crippen molar-refractivity contribution < 1.29 is 24.2 Å². The summed E-state index contributed by atoms with van der Waals surface area (Å²) in [6, 6.07) is 15.7. The van der Waals surface area contributed by atoms with E-state index in [1.54, 1.807) is 66.0 Å². The van der Waals surface area contributed by atoms with Gasteiger partial charge in [0.1, 0.15) is 11.4 Å². The van der Waals surface area contributed by atoms with Gasteiger partial charge in [-0.1, -0.05) is 42.5 Å². The van der Waals surface area contributed by atoms with Crippen LogP contribution in [0.4, 0.5) is 4.79 Å². The van der Waals surface area contributed by atoms with Crippen LogP contribution in [0.1, 0.15) is 57.9 Å². The number of rotatable bonds is 8. The summed E-state index contributed by atoms with van der Waals surface area (Å²) < 4.78 is 10.6. The van der Waals surface area contributed by atoms with Gasteiger partial charge in [0.05, 0.1) is 24.7 Å². The van der Waals surface area contributed by atoms with Crippen LogP contribution < -0.4 is 15.4 Å². The molecule has 0 unspecified atom stereocenters. The van der Waals surface area contributed by atoms with Gasteiger partial charge in [0.15, 0.2) is 0 Å². The van der Waals surface area contributed by atoms with Crippen LogP contribution in [0.3, 0.4) is 0 Å². The van der Waals surface area contributed by atoms with Gasteiger partial charge < -0.3 is 25.2 Å². The van der Waals surface area contributed by atoms with E-state index in [-0.39, 0.29) is 12.5 Å². The molecule has 32 heavy (non-hydrogen) atoms. The highest BCUT2D eigenvalue weighted by Gasteiger charge is 2.39. The van der Waals surface area contributed by atoms with E-state index in [0.717, 1.165) is 5.56 Å². The zero-order valence-corrected chi connectivity index (χ0v) is 19.6. The molecular formula is C25H34N2O5. The Balaban J connectivity index is 2.16. The number of amides is 2. The molecule has 0 saturated heterocycles. The Labute approximate surface area is 190 Å². The Morgan fingerprint density at radius 1 is 0.969 bits per heavy atom. The molecule has 2 amide bonds. The Bertz CT molecular complexity index is 906. The van der Waals surface area contributed by atoms with Crippen molar-refractivity contribution in [2.45, 2.75) is 52.4 Å². The smallest absolute Gasteiger partial charge is 0.408 e. The maximum Gasteiger partial charge on any atom is 0.408 e. The molecule has 0 fully saturated rings. The molecule has 7 heteroatoms. The van der Waals surface area contributed by atoms with E-state index < -0.39 is 29.3 Å². The van der Waals surface area contributed by atoms with Crippen molar-refractivity contribution in [1.82, 2.24) is 10.6 Å². The van der Waals surface area contributed by atoms with Gasteiger partial charge in [-0.05, 0) is 57.9 Å². The van der Waals surface area contributed by atoms with Gasteiger partial charge in [-0.3, -0.25) is 4.79 Å². The highest BCUT2D eigenvalue weighted by Crippen LogP contribution is 2.34. The number of aliphatic hydroxyl groups is 1. The molecule has 2 aromatic rings. The molecule has 2 atom stereocenters. The summed E-state index contributed by atoms with van der Waals surface area (Å²) in [6.07, 6.45) is -1.51. The number of methoxy groups -OCH3 is 1. The molecule has 0 radical (unpaired) electrons. The quantitative estimate of drug-likeness (QED) is 0.571. The number of hydrogen-bond donors (Lipinski definition) is 3. The predicted octanol–water partition coefficient (Wildman–Crippen LogP) is 4.14. The second kappa shape index (κ2) is 10.5. The molecule has 174 valence electrons. The molecular weight excluding hydrogens is 408 g/mol. The largest absolute Gasteiger partial charge is 0.497 e. The van der Waals surface area contributed by atoms with Crippen molar-refractivity contribution in [1.29, 1.82) is 0 Å². The average molecular weight is 443 g/mol. The lowest BCUT2D eigenvalue weighted by Crippen LogP contribution is -2.48. The van der Waals surface area contributed by atoms with Crippen molar-refractivity contribution in [3.8, 4) is 5.75 Å². The summed E-state index contributed by atoms with van der Waals surface area (Å²) in [4.78, 5) is 25.7. The van der Waals surface area contributed by atoms with Gasteiger partial charge in [0, 0.05) is 6.54 Å². The second-order valence-corrected chi connectivity index (χ2v) is 9.21. The van der Waals surface area contributed by atoms with Crippen molar-refractivity contribution in [3.63, 3.8) is 0 Å². The topological polar surface area (TPSA) is 96.9 Å². The first-order valence-corrected chi connectivity index (χ1v) is 10.6. The lowest BCUT2D eigenvalue weighted by atomic mass is 9.79. The molecule has 3 N–H and O–H groups in total. The summed E-state index contributed by atoms with van der Waals surface area (Å²) >= 11 is 0. The highest BCUT2D eigenvalue weighted by atomic mass is 16.6. The minimum absolute atomic E-state index is 0.0172. The van der Waals surface area contributed by atoms with Gasteiger partial charge in [-0.25, -0.2) is 4.79 Å². The lowest BCUT2D eigenvalue weighted by Gasteiger charge is -2.35. The number of carbonyl (C=O) groups excluding carboxylic acids is 2. The molecule has 0 bridgehead atoms. The predicted molar refractivity (Wildman–Crippen MR) is 123 cm³/mol. The molecule has 0 heterocycles. The lowest BCUT2D eigenvalue weighted by molar-refractivity contribution is -0.131. The van der Waals surface area contributed by atoms with E-state index in [4.69, 9.17) is 9.47 Å². The van der Waals surface area contributed by atoms with Crippen LogP contribution in [-0.4, -0.2) is 36.4 Å². The average Bonchev–Trinajstić information content (AvgIpc) is 2.74. The van der Waals surface area contributed by atoms with Crippen LogP contribution in [0.25, 0.3) is 0 Å². The number of alkyl carbamates (subject to hydrolysis) is 1. The SMILES string of the molecule is COc1cccc([C@@H](O)CNC(=O)C(C)(C)[C@@H](NC(=O)OC(C)(C)C)c2ccccc2)c1. The molecule has 0 saturated carbocycles. The number of nitrogens with one attached hydrogen (secondary N) is 2. The number of hydrogen-bond acceptors (Lipinski definition) is 5. The van der Waals surface area contributed by atoms with Crippen molar-refractivity contribution in [2.75, 3.05) is 13.7 Å². The van der Waals surface area contributed by atoms with Crippen LogP contribution >= 0.6 is 0 Å². The second-order valence-electron chi connectivity index (χ2n) is 9.21. The van der Waals surface area contributed by atoms with Crippen LogP contribution in [-0.2, 0) is 9.53 Å². The first-order chi connectivity index (χ1) is 14.9. The zero-order chi connectivity index (χ0) is 23.9. The minimum Gasteiger partial charge on any atom is -0.497 e. The first-order valence-electron chi connectivity index (χ1n) is 10.6. The molecule has 0 aliphatic carbocycles. The van der Waals surface area contributed by atoms with E-state index in [1.165, 1.54) is 0 Å². The number of benzene rings is 2. The molecule has 0 aliphatic rings. The summed E-state index contributed by atoms with van der Waals surface area (Å²) in [7, 11) is 1.55.